The first-order valence-electron chi connectivity index (χ1n) is 7.66. The number of H-pyrrole nitrogens is 1. The van der Waals surface area contributed by atoms with Gasteiger partial charge in [-0.3, -0.25) is 14.7 Å². The van der Waals surface area contributed by atoms with Crippen molar-refractivity contribution in [3.8, 4) is 10.6 Å². The summed E-state index contributed by atoms with van der Waals surface area (Å²) in [6, 6.07) is 8.46. The summed E-state index contributed by atoms with van der Waals surface area (Å²) in [5.41, 5.74) is 0.812. The minimum absolute atomic E-state index is 0.186. The van der Waals surface area contributed by atoms with Crippen LogP contribution in [-0.2, 0) is 6.54 Å². The number of aromatic amines is 1. The van der Waals surface area contributed by atoms with E-state index in [0.29, 0.717) is 12.4 Å². The Labute approximate surface area is 142 Å². The molecule has 0 aromatic carbocycles. The highest BCUT2D eigenvalue weighted by molar-refractivity contribution is 7.13. The van der Waals surface area contributed by atoms with Crippen LogP contribution in [0, 0.1) is 0 Å². The molecule has 1 amide bonds. The maximum atomic E-state index is 12.3. The van der Waals surface area contributed by atoms with E-state index in [4.69, 9.17) is 0 Å². The average molecular weight is 343 g/mol. The van der Waals surface area contributed by atoms with Crippen LogP contribution in [0.4, 0.5) is 5.82 Å². The number of hydrogen-bond acceptors (Lipinski definition) is 5. The number of rotatable bonds is 6. The van der Waals surface area contributed by atoms with Gasteiger partial charge in [0, 0.05) is 18.7 Å². The van der Waals surface area contributed by atoms with Gasteiger partial charge in [-0.1, -0.05) is 19.4 Å². The molecule has 0 saturated heterocycles. The van der Waals surface area contributed by atoms with Crippen LogP contribution in [0.1, 0.15) is 30.3 Å². The van der Waals surface area contributed by atoms with Gasteiger partial charge in [0.05, 0.1) is 10.6 Å². The Morgan fingerprint density at radius 3 is 3.00 bits per heavy atom. The first-order chi connectivity index (χ1) is 11.7. The number of nitrogens with zero attached hydrogens (tertiary/aromatic N) is 3. The van der Waals surface area contributed by atoms with Gasteiger partial charge in [0.2, 0.25) is 0 Å². The normalized spacial score (nSPS) is 10.7. The van der Waals surface area contributed by atoms with Crippen molar-refractivity contribution in [2.24, 2.45) is 0 Å². The van der Waals surface area contributed by atoms with Gasteiger partial charge in [-0.25, -0.2) is 4.68 Å². The molecule has 0 fully saturated rings. The molecule has 2 N–H and O–H groups in total. The predicted octanol–water partition coefficient (Wildman–Crippen LogP) is 2.75. The number of hydrogen-bond donors (Lipinski definition) is 2. The van der Waals surface area contributed by atoms with Gasteiger partial charge >= 0.3 is 0 Å². The maximum absolute atomic E-state index is 12.3. The van der Waals surface area contributed by atoms with E-state index in [-0.39, 0.29) is 11.3 Å². The van der Waals surface area contributed by atoms with Crippen molar-refractivity contribution < 1.29 is 4.79 Å². The van der Waals surface area contributed by atoms with Gasteiger partial charge in [0.15, 0.2) is 5.82 Å². The van der Waals surface area contributed by atoms with Gasteiger partial charge in [-0.15, -0.1) is 11.3 Å². The molecule has 0 saturated carbocycles. The summed E-state index contributed by atoms with van der Waals surface area (Å²) in [4.78, 5) is 25.1. The summed E-state index contributed by atoms with van der Waals surface area (Å²) in [5.74, 6) is 0.0148. The largest absolute Gasteiger partial charge is 0.304 e. The standard InChI is InChI=1S/C16H17N5O2S/c1-2-3-8-21-15(22)7-6-11(20-21)16(23)17-14-10-12(18-19-14)13-5-4-9-24-13/h4-7,9-10H,2-3,8H2,1H3,(H2,17,18,19,23). The number of thiophene rings is 1. The van der Waals surface area contributed by atoms with Crippen molar-refractivity contribution in [1.82, 2.24) is 20.0 Å². The van der Waals surface area contributed by atoms with Crippen LogP contribution in [0.15, 0.2) is 40.5 Å². The lowest BCUT2D eigenvalue weighted by atomic mass is 10.3. The van der Waals surface area contributed by atoms with E-state index in [1.165, 1.54) is 16.8 Å². The topological polar surface area (TPSA) is 92.7 Å². The third kappa shape index (κ3) is 3.60. The molecule has 0 radical (unpaired) electrons. The summed E-state index contributed by atoms with van der Waals surface area (Å²) in [5, 5.41) is 15.7. The SMILES string of the molecule is CCCCn1nc(C(=O)Nc2cc(-c3cccs3)[nH]n2)ccc1=O. The summed E-state index contributed by atoms with van der Waals surface area (Å²) in [7, 11) is 0. The van der Waals surface area contributed by atoms with Crippen molar-refractivity contribution in [3.63, 3.8) is 0 Å². The monoisotopic (exact) mass is 343 g/mol. The van der Waals surface area contributed by atoms with E-state index in [0.717, 1.165) is 23.4 Å². The summed E-state index contributed by atoms with van der Waals surface area (Å²) in [6.07, 6.45) is 1.78. The van der Waals surface area contributed by atoms with Gasteiger partial charge in [0.25, 0.3) is 11.5 Å². The number of anilines is 1. The molecule has 8 heteroatoms. The molecule has 0 aliphatic rings. The Morgan fingerprint density at radius 2 is 2.25 bits per heavy atom. The van der Waals surface area contributed by atoms with Crippen LogP contribution < -0.4 is 10.9 Å². The van der Waals surface area contributed by atoms with E-state index < -0.39 is 5.91 Å². The molecule has 3 heterocycles. The predicted molar refractivity (Wildman–Crippen MR) is 93.3 cm³/mol. The lowest BCUT2D eigenvalue weighted by Crippen LogP contribution is -2.26. The molecule has 0 atom stereocenters. The zero-order valence-electron chi connectivity index (χ0n) is 13.2. The number of aromatic nitrogens is 4. The van der Waals surface area contributed by atoms with E-state index in [9.17, 15) is 9.59 Å². The lowest BCUT2D eigenvalue weighted by molar-refractivity contribution is 0.101. The molecule has 24 heavy (non-hydrogen) atoms. The van der Waals surface area contributed by atoms with Crippen molar-refractivity contribution in [2.45, 2.75) is 26.3 Å². The number of carbonyl (C=O) groups is 1. The van der Waals surface area contributed by atoms with E-state index in [2.05, 4.69) is 20.6 Å². The molecular formula is C16H17N5O2S. The van der Waals surface area contributed by atoms with Crippen molar-refractivity contribution in [2.75, 3.05) is 5.32 Å². The maximum Gasteiger partial charge on any atom is 0.277 e. The zero-order valence-corrected chi connectivity index (χ0v) is 14.0. The fourth-order valence-electron chi connectivity index (χ4n) is 2.16. The minimum atomic E-state index is -0.399. The third-order valence-corrected chi connectivity index (χ3v) is 4.33. The first kappa shape index (κ1) is 16.1. The van der Waals surface area contributed by atoms with Crippen molar-refractivity contribution >= 4 is 23.1 Å². The highest BCUT2D eigenvalue weighted by atomic mass is 32.1. The molecule has 3 aromatic rings. The van der Waals surface area contributed by atoms with Crippen molar-refractivity contribution in [1.29, 1.82) is 0 Å². The van der Waals surface area contributed by atoms with Crippen LogP contribution in [-0.4, -0.2) is 25.9 Å². The molecule has 0 bridgehead atoms. The van der Waals surface area contributed by atoms with Crippen molar-refractivity contribution in [3.05, 3.63) is 51.8 Å². The van der Waals surface area contributed by atoms with Crippen LogP contribution in [0.25, 0.3) is 10.6 Å². The Balaban J connectivity index is 1.74. The smallest absolute Gasteiger partial charge is 0.277 e. The second-order valence-corrected chi connectivity index (χ2v) is 6.18. The third-order valence-electron chi connectivity index (χ3n) is 3.43. The molecule has 124 valence electrons. The molecular weight excluding hydrogens is 326 g/mol. The van der Waals surface area contributed by atoms with Crippen LogP contribution >= 0.6 is 11.3 Å². The zero-order chi connectivity index (χ0) is 16.9. The first-order valence-corrected chi connectivity index (χ1v) is 8.54. The highest BCUT2D eigenvalue weighted by Gasteiger charge is 2.12. The number of aryl methyl sites for hydroxylation is 1. The fourth-order valence-corrected chi connectivity index (χ4v) is 2.85. The Hall–Kier alpha value is -2.74. The molecule has 0 spiro atoms. The van der Waals surface area contributed by atoms with E-state index in [1.54, 1.807) is 17.4 Å². The second-order valence-electron chi connectivity index (χ2n) is 5.23. The summed E-state index contributed by atoms with van der Waals surface area (Å²) >= 11 is 1.58. The van der Waals surface area contributed by atoms with Gasteiger partial charge in [-0.2, -0.15) is 10.2 Å². The van der Waals surface area contributed by atoms with E-state index >= 15 is 0 Å². The quantitative estimate of drug-likeness (QED) is 0.720. The Bertz CT molecular complexity index is 882. The Kier molecular flexibility index (Phi) is 4.85. The van der Waals surface area contributed by atoms with Gasteiger partial charge in [0.1, 0.15) is 5.69 Å². The molecule has 0 aliphatic heterocycles. The van der Waals surface area contributed by atoms with Crippen LogP contribution in [0.2, 0.25) is 0 Å². The van der Waals surface area contributed by atoms with E-state index in [1.807, 2.05) is 24.4 Å². The number of amides is 1. The Morgan fingerprint density at radius 1 is 1.38 bits per heavy atom. The average Bonchev–Trinajstić information content (AvgIpc) is 3.25. The lowest BCUT2D eigenvalue weighted by Gasteiger charge is -2.05. The summed E-state index contributed by atoms with van der Waals surface area (Å²) < 4.78 is 1.32. The number of carbonyl (C=O) groups excluding carboxylic acids is 1. The van der Waals surface area contributed by atoms with Crippen LogP contribution in [0.3, 0.4) is 0 Å². The van der Waals surface area contributed by atoms with Gasteiger partial charge < -0.3 is 5.32 Å². The molecule has 0 unspecified atom stereocenters. The van der Waals surface area contributed by atoms with Gasteiger partial charge in [-0.05, 0) is 23.9 Å². The molecule has 7 nitrogen and oxygen atoms in total. The van der Waals surface area contributed by atoms with Crippen LogP contribution in [0.5, 0.6) is 0 Å². The second kappa shape index (κ2) is 7.22. The number of unbranched alkanes of at least 4 members (excludes halogenated alkanes) is 1. The molecule has 3 rings (SSSR count). The minimum Gasteiger partial charge on any atom is -0.304 e. The molecule has 3 aromatic heterocycles. The summed E-state index contributed by atoms with van der Waals surface area (Å²) in [6.45, 7) is 2.53. The fraction of sp³-hybridized carbons (Fsp3) is 0.250. The number of nitrogens with one attached hydrogen (secondary N) is 2. The highest BCUT2D eigenvalue weighted by Crippen LogP contribution is 2.24. The molecule has 0 aliphatic carbocycles.